The van der Waals surface area contributed by atoms with Gasteiger partial charge in [-0.2, -0.15) is 5.26 Å². The number of methoxy groups -OCH3 is 1. The molecule has 1 aromatic heterocycles. The fraction of sp³-hybridized carbons (Fsp3) is 0.280. The molecule has 0 fully saturated rings. The highest BCUT2D eigenvalue weighted by Crippen LogP contribution is 2.45. The molecule has 4 rings (SSSR count). The van der Waals surface area contributed by atoms with Crippen LogP contribution >= 0.6 is 0 Å². The molecule has 1 unspecified atom stereocenters. The van der Waals surface area contributed by atoms with E-state index < -0.39 is 11.5 Å². The van der Waals surface area contributed by atoms with E-state index >= 15 is 0 Å². The lowest BCUT2D eigenvalue weighted by molar-refractivity contribution is 0.273. The molecule has 2 aromatic carbocycles. The molecule has 164 valence electrons. The molecule has 0 saturated heterocycles. The van der Waals surface area contributed by atoms with Crippen LogP contribution in [0.1, 0.15) is 37.3 Å². The number of fused-ring (bicyclic) bond motifs is 3. The SMILES string of the molecule is COc1cc(C2C(C#N)=C(N)Oc3c2c(=O)oc2ccccc32)ccc1OCCC(C)C. The number of hydrogen-bond donors (Lipinski definition) is 1. The Kier molecular flexibility index (Phi) is 5.78. The first-order valence-electron chi connectivity index (χ1n) is 10.4. The van der Waals surface area contributed by atoms with Gasteiger partial charge in [0, 0.05) is 0 Å². The maximum atomic E-state index is 13.0. The number of nitrogens with two attached hydrogens (primary N) is 1. The van der Waals surface area contributed by atoms with E-state index in [0.29, 0.717) is 46.3 Å². The summed E-state index contributed by atoms with van der Waals surface area (Å²) in [4.78, 5) is 13.0. The molecule has 1 aliphatic rings. The molecule has 3 aromatic rings. The second-order valence-electron chi connectivity index (χ2n) is 7.99. The quantitative estimate of drug-likeness (QED) is 0.574. The molecule has 1 aliphatic heterocycles. The number of nitrogens with zero attached hydrogens (tertiary/aromatic N) is 1. The highest BCUT2D eigenvalue weighted by molar-refractivity contribution is 5.86. The summed E-state index contributed by atoms with van der Waals surface area (Å²) in [6.07, 6.45) is 0.907. The van der Waals surface area contributed by atoms with Crippen molar-refractivity contribution in [3.63, 3.8) is 0 Å². The smallest absolute Gasteiger partial charge is 0.344 e. The number of ether oxygens (including phenoxy) is 3. The average Bonchev–Trinajstić information content (AvgIpc) is 2.78. The van der Waals surface area contributed by atoms with Crippen molar-refractivity contribution in [2.24, 2.45) is 11.7 Å². The average molecular weight is 432 g/mol. The van der Waals surface area contributed by atoms with Crippen LogP contribution in [-0.2, 0) is 0 Å². The minimum atomic E-state index is -0.761. The van der Waals surface area contributed by atoms with Crippen LogP contribution in [0.15, 0.2) is 63.1 Å². The van der Waals surface area contributed by atoms with Crippen molar-refractivity contribution in [3.8, 4) is 23.3 Å². The Morgan fingerprint density at radius 3 is 2.69 bits per heavy atom. The maximum absolute atomic E-state index is 13.0. The van der Waals surface area contributed by atoms with Crippen LogP contribution < -0.4 is 25.6 Å². The summed E-state index contributed by atoms with van der Waals surface area (Å²) in [5.74, 6) is 1.10. The van der Waals surface area contributed by atoms with Gasteiger partial charge >= 0.3 is 5.63 Å². The molecular formula is C25H24N2O5. The lowest BCUT2D eigenvalue weighted by Crippen LogP contribution is -2.26. The second kappa shape index (κ2) is 8.67. The number of rotatable bonds is 6. The van der Waals surface area contributed by atoms with Gasteiger partial charge in [-0.15, -0.1) is 0 Å². The summed E-state index contributed by atoms with van der Waals surface area (Å²) in [5.41, 5.74) is 6.92. The topological polar surface area (TPSA) is 108 Å². The first kappa shape index (κ1) is 21.3. The van der Waals surface area contributed by atoms with E-state index in [9.17, 15) is 10.1 Å². The normalized spacial score (nSPS) is 15.3. The van der Waals surface area contributed by atoms with Gasteiger partial charge in [0.25, 0.3) is 0 Å². The lowest BCUT2D eigenvalue weighted by atomic mass is 9.83. The largest absolute Gasteiger partial charge is 0.493 e. The molecule has 7 nitrogen and oxygen atoms in total. The van der Waals surface area contributed by atoms with Gasteiger partial charge in [0.15, 0.2) is 17.2 Å². The van der Waals surface area contributed by atoms with Crippen molar-refractivity contribution in [2.75, 3.05) is 13.7 Å². The number of benzene rings is 2. The highest BCUT2D eigenvalue weighted by atomic mass is 16.5. The van der Waals surface area contributed by atoms with E-state index in [1.807, 2.05) is 6.07 Å². The number of hydrogen-bond acceptors (Lipinski definition) is 7. The van der Waals surface area contributed by atoms with Crippen molar-refractivity contribution in [1.82, 2.24) is 0 Å². The minimum absolute atomic E-state index is 0.0445. The monoisotopic (exact) mass is 432 g/mol. The third kappa shape index (κ3) is 3.76. The zero-order chi connectivity index (χ0) is 22.8. The Labute approximate surface area is 185 Å². The number of nitriles is 1. The zero-order valence-electron chi connectivity index (χ0n) is 18.2. The van der Waals surface area contributed by atoms with Gasteiger partial charge in [0.1, 0.15) is 17.2 Å². The van der Waals surface area contributed by atoms with Gasteiger partial charge < -0.3 is 24.4 Å². The fourth-order valence-electron chi connectivity index (χ4n) is 3.79. The predicted molar refractivity (Wildman–Crippen MR) is 120 cm³/mol. The van der Waals surface area contributed by atoms with Gasteiger partial charge in [0.05, 0.1) is 30.6 Å². The van der Waals surface area contributed by atoms with Crippen LogP contribution in [0.5, 0.6) is 17.2 Å². The molecule has 0 radical (unpaired) electrons. The van der Waals surface area contributed by atoms with E-state index in [1.54, 1.807) is 43.5 Å². The van der Waals surface area contributed by atoms with E-state index in [-0.39, 0.29) is 17.0 Å². The summed E-state index contributed by atoms with van der Waals surface area (Å²) in [6.45, 7) is 4.81. The zero-order valence-corrected chi connectivity index (χ0v) is 18.2. The van der Waals surface area contributed by atoms with Crippen LogP contribution in [0.3, 0.4) is 0 Å². The lowest BCUT2D eigenvalue weighted by Gasteiger charge is -2.26. The molecule has 0 spiro atoms. The van der Waals surface area contributed by atoms with Crippen molar-refractivity contribution in [2.45, 2.75) is 26.2 Å². The Hall–Kier alpha value is -3.92. The Balaban J connectivity index is 1.85. The molecule has 0 aliphatic carbocycles. The van der Waals surface area contributed by atoms with Crippen molar-refractivity contribution >= 4 is 11.0 Å². The predicted octanol–water partition coefficient (Wildman–Crippen LogP) is 4.44. The second-order valence-corrected chi connectivity index (χ2v) is 7.99. The number of allylic oxidation sites excluding steroid dienone is 1. The molecule has 2 heterocycles. The highest BCUT2D eigenvalue weighted by Gasteiger charge is 2.35. The third-order valence-corrected chi connectivity index (χ3v) is 5.45. The number of para-hydroxylation sites is 1. The van der Waals surface area contributed by atoms with E-state index in [4.69, 9.17) is 24.4 Å². The molecule has 2 N–H and O–H groups in total. The van der Waals surface area contributed by atoms with Crippen molar-refractivity contribution < 1.29 is 18.6 Å². The Bertz CT molecular complexity index is 1300. The van der Waals surface area contributed by atoms with Crippen LogP contribution in [-0.4, -0.2) is 13.7 Å². The van der Waals surface area contributed by atoms with Crippen molar-refractivity contribution in [1.29, 1.82) is 5.26 Å². The summed E-state index contributed by atoms with van der Waals surface area (Å²) >= 11 is 0. The van der Waals surface area contributed by atoms with Gasteiger partial charge in [-0.3, -0.25) is 0 Å². The fourth-order valence-corrected chi connectivity index (χ4v) is 3.79. The molecule has 32 heavy (non-hydrogen) atoms. The van der Waals surface area contributed by atoms with Gasteiger partial charge in [-0.25, -0.2) is 4.79 Å². The first-order chi connectivity index (χ1) is 15.4. The van der Waals surface area contributed by atoms with Crippen molar-refractivity contribution in [3.05, 3.63) is 75.5 Å². The summed E-state index contributed by atoms with van der Waals surface area (Å²) in [6, 6.07) is 14.5. The minimum Gasteiger partial charge on any atom is -0.493 e. The summed E-state index contributed by atoms with van der Waals surface area (Å²) in [5, 5.41) is 10.4. The summed E-state index contributed by atoms with van der Waals surface area (Å²) in [7, 11) is 1.55. The molecule has 0 bridgehead atoms. The Morgan fingerprint density at radius 1 is 1.19 bits per heavy atom. The van der Waals surface area contributed by atoms with Gasteiger partial charge in [0.2, 0.25) is 5.88 Å². The van der Waals surface area contributed by atoms with Gasteiger partial charge in [-0.1, -0.05) is 32.0 Å². The van der Waals surface area contributed by atoms with E-state index in [0.717, 1.165) is 6.42 Å². The molecular weight excluding hydrogens is 408 g/mol. The standard InChI is InChI=1S/C25H24N2O5/c1-14(2)10-11-30-19-9-8-15(12-20(19)29-3)21-17(13-26)24(27)32-23-16-6-4-5-7-18(16)31-25(28)22(21)23/h4-9,12,14,21H,10-11,27H2,1-3H3. The molecule has 1 atom stereocenters. The third-order valence-electron chi connectivity index (χ3n) is 5.45. The van der Waals surface area contributed by atoms with Crippen LogP contribution in [0, 0.1) is 17.2 Å². The maximum Gasteiger partial charge on any atom is 0.344 e. The molecule has 0 saturated carbocycles. The Morgan fingerprint density at radius 2 is 1.97 bits per heavy atom. The van der Waals surface area contributed by atoms with E-state index in [1.165, 1.54) is 0 Å². The molecule has 7 heteroatoms. The van der Waals surface area contributed by atoms with Crippen LogP contribution in [0.4, 0.5) is 0 Å². The van der Waals surface area contributed by atoms with Gasteiger partial charge in [-0.05, 0) is 42.2 Å². The van der Waals surface area contributed by atoms with Crippen LogP contribution in [0.2, 0.25) is 0 Å². The molecule has 0 amide bonds. The summed E-state index contributed by atoms with van der Waals surface area (Å²) < 4.78 is 22.7. The van der Waals surface area contributed by atoms with Crippen LogP contribution in [0.25, 0.3) is 11.0 Å². The first-order valence-corrected chi connectivity index (χ1v) is 10.4. The van der Waals surface area contributed by atoms with E-state index in [2.05, 4.69) is 19.9 Å².